The number of hydroxylamine groups is 2. The molecule has 0 saturated carbocycles. The van der Waals surface area contributed by atoms with E-state index in [9.17, 15) is 0 Å². The number of hydrogen-bond donors (Lipinski definition) is 0. The smallest absolute Gasteiger partial charge is 0.167 e. The molecule has 0 aromatic carbocycles. The zero-order valence-corrected chi connectivity index (χ0v) is 11.8. The Kier molecular flexibility index (Phi) is 2.73. The fourth-order valence-corrected chi connectivity index (χ4v) is 3.19. The standard InChI is InChI=1S/C13H20N2O4/c1-11(2)15-13(8-17-11,5-9(6-14)19-15)10-7-16-12(3,4)18-10/h9-10H,5,7-8H2,1-4H3/t9-,10+,13-/m1/s1. The Bertz CT molecular complexity index is 431. The maximum absolute atomic E-state index is 9.14. The van der Waals surface area contributed by atoms with Crippen LogP contribution >= 0.6 is 0 Å². The lowest BCUT2D eigenvalue weighted by Crippen LogP contribution is -2.55. The molecule has 6 heteroatoms. The van der Waals surface area contributed by atoms with E-state index in [1.165, 1.54) is 0 Å². The van der Waals surface area contributed by atoms with Crippen molar-refractivity contribution < 1.29 is 19.0 Å². The number of rotatable bonds is 1. The Hall–Kier alpha value is -0.710. The average Bonchev–Trinajstić information content (AvgIpc) is 2.93. The van der Waals surface area contributed by atoms with Gasteiger partial charge in [0.05, 0.1) is 19.3 Å². The number of hydrogen-bond acceptors (Lipinski definition) is 6. The predicted molar refractivity (Wildman–Crippen MR) is 64.6 cm³/mol. The fraction of sp³-hybridized carbons (Fsp3) is 0.923. The first kappa shape index (κ1) is 13.3. The second-order valence-electron chi connectivity index (χ2n) is 6.38. The molecule has 0 aliphatic carbocycles. The van der Waals surface area contributed by atoms with Crippen LogP contribution in [0.2, 0.25) is 0 Å². The van der Waals surface area contributed by atoms with Gasteiger partial charge in [0.15, 0.2) is 11.9 Å². The van der Waals surface area contributed by atoms with E-state index in [1.54, 1.807) is 0 Å². The molecule has 0 aromatic heterocycles. The minimum atomic E-state index is -0.595. The highest BCUT2D eigenvalue weighted by Gasteiger charge is 2.65. The largest absolute Gasteiger partial charge is 0.357 e. The lowest BCUT2D eigenvalue weighted by Gasteiger charge is -2.36. The average molecular weight is 268 g/mol. The van der Waals surface area contributed by atoms with E-state index in [4.69, 9.17) is 24.3 Å². The van der Waals surface area contributed by atoms with Crippen LogP contribution in [0.4, 0.5) is 0 Å². The third-order valence-electron chi connectivity index (χ3n) is 4.09. The lowest BCUT2D eigenvalue weighted by atomic mass is 9.88. The summed E-state index contributed by atoms with van der Waals surface area (Å²) >= 11 is 0. The molecule has 19 heavy (non-hydrogen) atoms. The van der Waals surface area contributed by atoms with Gasteiger partial charge in [0.1, 0.15) is 17.4 Å². The molecule has 3 fully saturated rings. The van der Waals surface area contributed by atoms with E-state index in [-0.39, 0.29) is 6.10 Å². The van der Waals surface area contributed by atoms with Crippen molar-refractivity contribution >= 4 is 0 Å². The number of ether oxygens (including phenoxy) is 3. The van der Waals surface area contributed by atoms with E-state index in [2.05, 4.69) is 6.07 Å². The van der Waals surface area contributed by atoms with Gasteiger partial charge in [0, 0.05) is 6.42 Å². The molecule has 3 atom stereocenters. The fourth-order valence-electron chi connectivity index (χ4n) is 3.19. The summed E-state index contributed by atoms with van der Waals surface area (Å²) < 4.78 is 17.5. The number of fused-ring (bicyclic) bond motifs is 1. The van der Waals surface area contributed by atoms with Crippen LogP contribution in [0, 0.1) is 11.3 Å². The first-order valence-electron chi connectivity index (χ1n) is 6.62. The van der Waals surface area contributed by atoms with Crippen LogP contribution < -0.4 is 0 Å². The van der Waals surface area contributed by atoms with Crippen molar-refractivity contribution in [2.45, 2.75) is 63.4 Å². The summed E-state index contributed by atoms with van der Waals surface area (Å²) in [5.74, 6) is -0.595. The Morgan fingerprint density at radius 3 is 2.53 bits per heavy atom. The zero-order valence-electron chi connectivity index (χ0n) is 11.8. The normalized spacial score (nSPS) is 44.2. The monoisotopic (exact) mass is 268 g/mol. The Morgan fingerprint density at radius 2 is 1.95 bits per heavy atom. The molecular formula is C13H20N2O4. The van der Waals surface area contributed by atoms with Crippen molar-refractivity contribution in [1.82, 2.24) is 5.06 Å². The van der Waals surface area contributed by atoms with Crippen molar-refractivity contribution in [1.29, 1.82) is 5.26 Å². The summed E-state index contributed by atoms with van der Waals surface area (Å²) in [4.78, 5) is 5.75. The van der Waals surface area contributed by atoms with Crippen molar-refractivity contribution in [2.75, 3.05) is 13.2 Å². The molecule has 3 aliphatic rings. The van der Waals surface area contributed by atoms with Crippen molar-refractivity contribution in [2.24, 2.45) is 0 Å². The second kappa shape index (κ2) is 3.90. The molecule has 0 unspecified atom stereocenters. The second-order valence-corrected chi connectivity index (χ2v) is 6.38. The summed E-state index contributed by atoms with van der Waals surface area (Å²) in [6.07, 6.45) is -0.0186. The van der Waals surface area contributed by atoms with Gasteiger partial charge in [-0.2, -0.15) is 5.26 Å². The molecule has 0 radical (unpaired) electrons. The lowest BCUT2D eigenvalue weighted by molar-refractivity contribution is -0.263. The highest BCUT2D eigenvalue weighted by molar-refractivity contribution is 5.11. The van der Waals surface area contributed by atoms with Crippen LogP contribution in [0.3, 0.4) is 0 Å². The molecule has 0 bridgehead atoms. The van der Waals surface area contributed by atoms with Crippen LogP contribution in [-0.2, 0) is 19.0 Å². The Labute approximate surface area is 113 Å². The van der Waals surface area contributed by atoms with E-state index < -0.39 is 23.2 Å². The molecule has 0 spiro atoms. The molecule has 0 aromatic rings. The van der Waals surface area contributed by atoms with E-state index >= 15 is 0 Å². The van der Waals surface area contributed by atoms with Crippen LogP contribution in [-0.4, -0.2) is 47.5 Å². The third kappa shape index (κ3) is 1.89. The molecule has 3 rings (SSSR count). The summed E-state index contributed by atoms with van der Waals surface area (Å²) in [6, 6.07) is 2.18. The summed E-state index contributed by atoms with van der Waals surface area (Å²) in [7, 11) is 0. The van der Waals surface area contributed by atoms with Gasteiger partial charge in [-0.15, -0.1) is 5.06 Å². The highest BCUT2D eigenvalue weighted by Crippen LogP contribution is 2.48. The Balaban J connectivity index is 1.91. The molecule has 6 nitrogen and oxygen atoms in total. The van der Waals surface area contributed by atoms with Gasteiger partial charge in [-0.3, -0.25) is 4.84 Å². The van der Waals surface area contributed by atoms with Crippen molar-refractivity contribution in [3.05, 3.63) is 0 Å². The first-order valence-corrected chi connectivity index (χ1v) is 6.62. The maximum Gasteiger partial charge on any atom is 0.167 e. The van der Waals surface area contributed by atoms with Crippen LogP contribution in [0.25, 0.3) is 0 Å². The molecule has 3 heterocycles. The van der Waals surface area contributed by atoms with Crippen LogP contribution in [0.5, 0.6) is 0 Å². The van der Waals surface area contributed by atoms with Gasteiger partial charge < -0.3 is 14.2 Å². The van der Waals surface area contributed by atoms with Gasteiger partial charge in [-0.25, -0.2) is 0 Å². The van der Waals surface area contributed by atoms with E-state index in [1.807, 2.05) is 32.8 Å². The van der Waals surface area contributed by atoms with E-state index in [0.29, 0.717) is 19.6 Å². The highest BCUT2D eigenvalue weighted by atomic mass is 16.8. The number of nitrogens with zero attached hydrogens (tertiary/aromatic N) is 2. The van der Waals surface area contributed by atoms with Gasteiger partial charge in [-0.1, -0.05) is 0 Å². The molecule has 106 valence electrons. The topological polar surface area (TPSA) is 64.0 Å². The van der Waals surface area contributed by atoms with Gasteiger partial charge in [0.25, 0.3) is 0 Å². The minimum Gasteiger partial charge on any atom is -0.357 e. The zero-order chi connectivity index (χ0) is 13.9. The van der Waals surface area contributed by atoms with Crippen LogP contribution in [0.1, 0.15) is 34.1 Å². The molecule has 3 saturated heterocycles. The van der Waals surface area contributed by atoms with E-state index in [0.717, 1.165) is 0 Å². The van der Waals surface area contributed by atoms with Crippen molar-refractivity contribution in [3.8, 4) is 6.07 Å². The summed E-state index contributed by atoms with van der Waals surface area (Å²) in [5, 5.41) is 10.9. The first-order chi connectivity index (χ1) is 8.79. The molecule has 0 amide bonds. The van der Waals surface area contributed by atoms with Crippen molar-refractivity contribution in [3.63, 3.8) is 0 Å². The molecule has 0 N–H and O–H groups in total. The molecule has 3 aliphatic heterocycles. The van der Waals surface area contributed by atoms with Gasteiger partial charge in [-0.05, 0) is 27.7 Å². The quantitative estimate of drug-likeness (QED) is 0.711. The number of nitriles is 1. The van der Waals surface area contributed by atoms with Gasteiger partial charge >= 0.3 is 0 Å². The SMILES string of the molecule is CC1(C)OC[C@@H]([C@@]23COC(C)(C)N2O[C@@H](C#N)C3)O1. The van der Waals surface area contributed by atoms with Crippen LogP contribution in [0.15, 0.2) is 0 Å². The Morgan fingerprint density at radius 1 is 1.21 bits per heavy atom. The summed E-state index contributed by atoms with van der Waals surface area (Å²) in [6.45, 7) is 8.65. The van der Waals surface area contributed by atoms with Gasteiger partial charge in [0.2, 0.25) is 0 Å². The minimum absolute atomic E-state index is 0.150. The predicted octanol–water partition coefficient (Wildman–Crippen LogP) is 1.17. The third-order valence-corrected chi connectivity index (χ3v) is 4.09. The summed E-state index contributed by atoms with van der Waals surface area (Å²) in [5.41, 5.74) is -0.987. The maximum atomic E-state index is 9.14. The molecular weight excluding hydrogens is 248 g/mol.